The van der Waals surface area contributed by atoms with Gasteiger partial charge in [0.2, 0.25) is 13.5 Å². The van der Waals surface area contributed by atoms with Crippen LogP contribution >= 0.6 is 19.0 Å². The van der Waals surface area contributed by atoms with Crippen molar-refractivity contribution in [3.8, 4) is 0 Å². The van der Waals surface area contributed by atoms with Crippen LogP contribution in [0.1, 0.15) is 45.4 Å². The monoisotopic (exact) mass is 515 g/mol. The molecule has 0 aliphatic rings. The van der Waals surface area contributed by atoms with Crippen LogP contribution < -0.4 is 5.32 Å². The first kappa shape index (κ1) is 33.0. The lowest BCUT2D eigenvalue weighted by Gasteiger charge is -2.11. The molecule has 0 spiro atoms. The predicted molar refractivity (Wildman–Crippen MR) is 134 cm³/mol. The predicted octanol–water partition coefficient (Wildman–Crippen LogP) is 3.80. The van der Waals surface area contributed by atoms with Gasteiger partial charge in [-0.25, -0.2) is 0 Å². The Kier molecular flexibility index (Phi) is 28.2. The number of carbonyl (C=O) groups excluding carboxylic acids is 1. The number of carbonyl (C=O) groups is 1. The second-order valence-electron chi connectivity index (χ2n) is 7.00. The quantitative estimate of drug-likeness (QED) is 0.129. The molecule has 0 aromatic heterocycles. The largest absolute Gasteiger partial charge is 0.379 e. The Bertz CT molecular complexity index is 409. The number of unbranched alkanes of at least 4 members (excludes halogenated alkanes) is 3. The number of hydrogen-bond donors (Lipinski definition) is 1. The van der Waals surface area contributed by atoms with Gasteiger partial charge >= 0.3 is 0 Å². The summed E-state index contributed by atoms with van der Waals surface area (Å²) in [4.78, 5) is 11.8. The molecule has 1 amide bonds. The number of hydrogen-bond acceptors (Lipinski definition) is 9. The maximum atomic E-state index is 11.8. The van der Waals surface area contributed by atoms with Crippen LogP contribution in [0.3, 0.4) is 0 Å². The molecule has 0 aromatic carbocycles. The molecule has 198 valence electrons. The summed E-state index contributed by atoms with van der Waals surface area (Å²) in [6.07, 6.45) is 7.54. The van der Waals surface area contributed by atoms with E-state index in [0.29, 0.717) is 72.4 Å². The molecule has 0 aliphatic carbocycles. The third-order valence-corrected chi connectivity index (χ3v) is 6.85. The van der Waals surface area contributed by atoms with Crippen LogP contribution in [0.15, 0.2) is 0 Å². The summed E-state index contributed by atoms with van der Waals surface area (Å²) in [5, 5.41) is 2.93. The highest BCUT2D eigenvalue weighted by Gasteiger charge is 2.05. The van der Waals surface area contributed by atoms with Crippen LogP contribution in [0.5, 0.6) is 0 Å². The molecule has 0 rings (SSSR count). The van der Waals surface area contributed by atoms with E-state index >= 15 is 0 Å². The van der Waals surface area contributed by atoms with Gasteiger partial charge in [-0.3, -0.25) is 4.79 Å². The normalized spacial score (nSPS) is 12.2. The van der Waals surface area contributed by atoms with E-state index < -0.39 is 7.58 Å². The fourth-order valence-corrected chi connectivity index (χ4v) is 4.13. The van der Waals surface area contributed by atoms with Crippen molar-refractivity contribution >= 4 is 24.9 Å². The molecule has 11 heteroatoms. The maximum absolute atomic E-state index is 11.8. The second kappa shape index (κ2) is 28.2. The molecule has 1 atom stereocenters. The maximum Gasteiger partial charge on any atom is 0.237 e. The lowest BCUT2D eigenvalue weighted by molar-refractivity contribution is -0.122. The molecule has 1 unspecified atom stereocenters. The van der Waals surface area contributed by atoms with Gasteiger partial charge in [-0.2, -0.15) is 0 Å². The van der Waals surface area contributed by atoms with Gasteiger partial charge in [0.15, 0.2) is 0 Å². The van der Waals surface area contributed by atoms with E-state index in [1.54, 1.807) is 18.5 Å². The molecule has 0 saturated carbocycles. The van der Waals surface area contributed by atoms with E-state index in [9.17, 15) is 4.79 Å². The number of ether oxygens (including phenoxy) is 5. The van der Waals surface area contributed by atoms with Gasteiger partial charge in [-0.05, 0) is 25.5 Å². The second-order valence-corrected chi connectivity index (χ2v) is 10.4. The zero-order valence-corrected chi connectivity index (χ0v) is 22.6. The van der Waals surface area contributed by atoms with Crippen molar-refractivity contribution in [3.05, 3.63) is 0 Å². The SMILES string of the molecule is CCCOCCOCCOCCOCCOCCC(=O)NCCCCCCOP(OC)SC. The Labute approximate surface area is 205 Å². The molecular formula is C22H46NO8PS. The standard InChI is InChI=1S/C22H46NO8PS/c1-4-11-26-14-16-28-18-20-30-21-19-29-17-15-27-13-9-22(24)23-10-7-5-6-8-12-31-32(25-2)33-3/h4-21H2,1-3H3,(H,23,24). The zero-order valence-electron chi connectivity index (χ0n) is 20.8. The average molecular weight is 516 g/mol. The molecule has 0 aliphatic heterocycles. The van der Waals surface area contributed by atoms with Crippen molar-refractivity contribution in [2.75, 3.05) is 92.6 Å². The highest BCUT2D eigenvalue weighted by molar-refractivity contribution is 8.52. The highest BCUT2D eigenvalue weighted by Crippen LogP contribution is 2.49. The first-order valence-electron chi connectivity index (χ1n) is 11.9. The van der Waals surface area contributed by atoms with Gasteiger partial charge in [0.25, 0.3) is 0 Å². The van der Waals surface area contributed by atoms with Gasteiger partial charge in [0, 0.05) is 26.7 Å². The average Bonchev–Trinajstić information content (AvgIpc) is 2.83. The van der Waals surface area contributed by atoms with Gasteiger partial charge in [-0.15, -0.1) is 0 Å². The molecule has 0 aromatic rings. The summed E-state index contributed by atoms with van der Waals surface area (Å²) in [6.45, 7) is 9.03. The van der Waals surface area contributed by atoms with E-state index in [0.717, 1.165) is 45.3 Å². The fourth-order valence-electron chi connectivity index (χ4n) is 2.51. The highest BCUT2D eigenvalue weighted by atomic mass is 32.7. The summed E-state index contributed by atoms with van der Waals surface area (Å²) < 4.78 is 37.8. The minimum absolute atomic E-state index is 0.0255. The third kappa shape index (κ3) is 26.4. The summed E-state index contributed by atoms with van der Waals surface area (Å²) in [5.74, 6) is 0.0255. The van der Waals surface area contributed by atoms with Gasteiger partial charge in [0.05, 0.1) is 66.1 Å². The fraction of sp³-hybridized carbons (Fsp3) is 0.955. The van der Waals surface area contributed by atoms with E-state index in [1.165, 1.54) is 0 Å². The molecule has 33 heavy (non-hydrogen) atoms. The Morgan fingerprint density at radius 2 is 1.24 bits per heavy atom. The minimum atomic E-state index is -0.784. The Hall–Kier alpha value is -0.0300. The van der Waals surface area contributed by atoms with E-state index in [1.807, 2.05) is 6.26 Å². The third-order valence-electron chi connectivity index (χ3n) is 4.20. The summed E-state index contributed by atoms with van der Waals surface area (Å²) in [5.41, 5.74) is 0. The minimum Gasteiger partial charge on any atom is -0.379 e. The molecule has 0 fully saturated rings. The zero-order chi connectivity index (χ0) is 24.2. The Morgan fingerprint density at radius 1 is 0.727 bits per heavy atom. The first-order chi connectivity index (χ1) is 16.2. The van der Waals surface area contributed by atoms with E-state index in [4.69, 9.17) is 32.7 Å². The molecule has 0 bridgehead atoms. The van der Waals surface area contributed by atoms with Crippen LogP contribution in [0.4, 0.5) is 0 Å². The van der Waals surface area contributed by atoms with Crippen LogP contribution in [0.25, 0.3) is 0 Å². The van der Waals surface area contributed by atoms with Crippen molar-refractivity contribution in [1.29, 1.82) is 0 Å². The van der Waals surface area contributed by atoms with Crippen LogP contribution in [0, 0.1) is 0 Å². The molecule has 9 nitrogen and oxygen atoms in total. The van der Waals surface area contributed by atoms with Crippen molar-refractivity contribution in [1.82, 2.24) is 5.32 Å². The molecule has 0 heterocycles. The van der Waals surface area contributed by atoms with Crippen LogP contribution in [-0.2, 0) is 37.5 Å². The Morgan fingerprint density at radius 3 is 1.76 bits per heavy atom. The Balaban J connectivity index is 3.19. The van der Waals surface area contributed by atoms with Crippen LogP contribution in [0.2, 0.25) is 0 Å². The summed E-state index contributed by atoms with van der Waals surface area (Å²) in [7, 11) is 0.890. The first-order valence-corrected chi connectivity index (χ1v) is 14.9. The van der Waals surface area contributed by atoms with Gasteiger partial charge in [-0.1, -0.05) is 31.1 Å². The number of nitrogens with one attached hydrogen (secondary N) is 1. The lowest BCUT2D eigenvalue weighted by atomic mass is 10.2. The van der Waals surface area contributed by atoms with E-state index in [-0.39, 0.29) is 5.91 Å². The van der Waals surface area contributed by atoms with Gasteiger partial charge in [0.1, 0.15) is 0 Å². The van der Waals surface area contributed by atoms with Gasteiger partial charge < -0.3 is 38.0 Å². The smallest absolute Gasteiger partial charge is 0.237 e. The lowest BCUT2D eigenvalue weighted by Crippen LogP contribution is -2.25. The topological polar surface area (TPSA) is 93.7 Å². The molecular weight excluding hydrogens is 469 g/mol. The van der Waals surface area contributed by atoms with Crippen LogP contribution in [-0.4, -0.2) is 98.5 Å². The number of amides is 1. The molecule has 0 saturated heterocycles. The van der Waals surface area contributed by atoms with Crippen molar-refractivity contribution in [2.24, 2.45) is 0 Å². The van der Waals surface area contributed by atoms with Crippen molar-refractivity contribution < 1.29 is 37.5 Å². The molecule has 1 N–H and O–H groups in total. The summed E-state index contributed by atoms with van der Waals surface area (Å²) in [6, 6.07) is 0. The van der Waals surface area contributed by atoms with Crippen molar-refractivity contribution in [2.45, 2.75) is 45.4 Å². The molecule has 0 radical (unpaired) electrons. The van der Waals surface area contributed by atoms with Crippen molar-refractivity contribution in [3.63, 3.8) is 0 Å². The van der Waals surface area contributed by atoms with E-state index in [2.05, 4.69) is 12.2 Å². The summed E-state index contributed by atoms with van der Waals surface area (Å²) >= 11 is 1.61. The number of rotatable bonds is 27.